The maximum Gasteiger partial charge on any atom is 0.231 e. The molecule has 0 unspecified atom stereocenters. The molecule has 0 saturated heterocycles. The molecule has 1 amide bonds. The average molecular weight is 362 g/mol. The molecule has 0 spiro atoms. The van der Waals surface area contributed by atoms with Crippen molar-refractivity contribution in [3.63, 3.8) is 0 Å². The van der Waals surface area contributed by atoms with Crippen LogP contribution in [0.1, 0.15) is 5.56 Å². The molecule has 134 valence electrons. The molecular weight excluding hydrogens is 340 g/mol. The highest BCUT2D eigenvalue weighted by molar-refractivity contribution is 7.92. The van der Waals surface area contributed by atoms with Crippen molar-refractivity contribution >= 4 is 27.3 Å². The Labute approximate surface area is 148 Å². The molecule has 0 aliphatic heterocycles. The molecule has 0 saturated carbocycles. The van der Waals surface area contributed by atoms with Gasteiger partial charge in [0, 0.05) is 19.8 Å². The number of sulfonamides is 1. The number of benzene rings is 2. The second kappa shape index (κ2) is 7.57. The molecule has 0 aliphatic carbocycles. The van der Waals surface area contributed by atoms with Gasteiger partial charge in [0.05, 0.1) is 25.5 Å². The van der Waals surface area contributed by atoms with Crippen LogP contribution in [0, 0.1) is 0 Å². The molecule has 6 nitrogen and oxygen atoms in total. The number of carbonyl (C=O) groups is 1. The van der Waals surface area contributed by atoms with Gasteiger partial charge in [0.25, 0.3) is 0 Å². The van der Waals surface area contributed by atoms with Crippen LogP contribution >= 0.6 is 0 Å². The van der Waals surface area contributed by atoms with Gasteiger partial charge in [-0.3, -0.25) is 9.10 Å². The number of ether oxygens (including phenoxy) is 1. The zero-order valence-electron chi connectivity index (χ0n) is 14.8. The van der Waals surface area contributed by atoms with E-state index in [9.17, 15) is 13.2 Å². The Balaban J connectivity index is 2.06. The standard InChI is InChI=1S/C18H22N2O4S/c1-19(15-9-11-17(24-3)12-10-15)18(21)13-14-5-7-16(8-6-14)20(2)25(4,22)23/h5-12H,13H2,1-4H3. The highest BCUT2D eigenvalue weighted by Gasteiger charge is 2.14. The van der Waals surface area contributed by atoms with Gasteiger partial charge in [-0.05, 0) is 42.0 Å². The van der Waals surface area contributed by atoms with E-state index >= 15 is 0 Å². The summed E-state index contributed by atoms with van der Waals surface area (Å²) in [6, 6.07) is 14.1. The quantitative estimate of drug-likeness (QED) is 0.791. The summed E-state index contributed by atoms with van der Waals surface area (Å²) in [4.78, 5) is 14.0. The molecular formula is C18H22N2O4S. The molecule has 0 atom stereocenters. The molecule has 2 aromatic carbocycles. The summed E-state index contributed by atoms with van der Waals surface area (Å²) in [6.45, 7) is 0. The fraction of sp³-hybridized carbons (Fsp3) is 0.278. The molecule has 0 radical (unpaired) electrons. The lowest BCUT2D eigenvalue weighted by atomic mass is 10.1. The Kier molecular flexibility index (Phi) is 5.69. The van der Waals surface area contributed by atoms with Crippen LogP contribution in [-0.4, -0.2) is 41.8 Å². The Morgan fingerprint density at radius 1 is 0.960 bits per heavy atom. The highest BCUT2D eigenvalue weighted by Crippen LogP contribution is 2.20. The fourth-order valence-corrected chi connectivity index (χ4v) is 2.76. The number of methoxy groups -OCH3 is 1. The maximum atomic E-state index is 12.4. The van der Waals surface area contributed by atoms with Crippen LogP contribution in [0.25, 0.3) is 0 Å². The molecule has 0 fully saturated rings. The number of hydrogen-bond donors (Lipinski definition) is 0. The lowest BCUT2D eigenvalue weighted by Gasteiger charge is -2.19. The minimum Gasteiger partial charge on any atom is -0.497 e. The number of anilines is 2. The van der Waals surface area contributed by atoms with Gasteiger partial charge >= 0.3 is 0 Å². The number of likely N-dealkylation sites (N-methyl/N-ethyl adjacent to an activating group) is 1. The summed E-state index contributed by atoms with van der Waals surface area (Å²) >= 11 is 0. The Bertz CT molecular complexity index is 830. The lowest BCUT2D eigenvalue weighted by molar-refractivity contribution is -0.117. The number of nitrogens with zero attached hydrogens (tertiary/aromatic N) is 2. The zero-order valence-corrected chi connectivity index (χ0v) is 15.6. The number of amides is 1. The van der Waals surface area contributed by atoms with Gasteiger partial charge in [0.1, 0.15) is 5.75 Å². The smallest absolute Gasteiger partial charge is 0.231 e. The number of rotatable bonds is 6. The van der Waals surface area contributed by atoms with Crippen LogP contribution in [0.5, 0.6) is 5.75 Å². The Morgan fingerprint density at radius 3 is 1.96 bits per heavy atom. The molecule has 0 N–H and O–H groups in total. The van der Waals surface area contributed by atoms with Crippen molar-refractivity contribution in [2.45, 2.75) is 6.42 Å². The van der Waals surface area contributed by atoms with Crippen LogP contribution in [0.4, 0.5) is 11.4 Å². The first kappa shape index (κ1) is 18.8. The number of hydrogen-bond acceptors (Lipinski definition) is 4. The fourth-order valence-electron chi connectivity index (χ4n) is 2.26. The van der Waals surface area contributed by atoms with Crippen molar-refractivity contribution in [2.75, 3.05) is 36.7 Å². The van der Waals surface area contributed by atoms with Crippen LogP contribution in [0.15, 0.2) is 48.5 Å². The topological polar surface area (TPSA) is 66.9 Å². The van der Waals surface area contributed by atoms with E-state index in [0.29, 0.717) is 5.69 Å². The Morgan fingerprint density at radius 2 is 1.48 bits per heavy atom. The minimum absolute atomic E-state index is 0.0608. The second-order valence-electron chi connectivity index (χ2n) is 5.72. The van der Waals surface area contributed by atoms with E-state index in [1.165, 1.54) is 11.4 Å². The first-order chi connectivity index (χ1) is 11.7. The first-order valence-corrected chi connectivity index (χ1v) is 9.50. The predicted octanol–water partition coefficient (Wildman–Crippen LogP) is 2.30. The summed E-state index contributed by atoms with van der Waals surface area (Å²) in [7, 11) is 1.50. The van der Waals surface area contributed by atoms with Gasteiger partial charge in [-0.1, -0.05) is 12.1 Å². The van der Waals surface area contributed by atoms with Crippen molar-refractivity contribution in [1.82, 2.24) is 0 Å². The van der Waals surface area contributed by atoms with E-state index in [-0.39, 0.29) is 12.3 Å². The van der Waals surface area contributed by atoms with Crippen LogP contribution in [0.3, 0.4) is 0 Å². The lowest BCUT2D eigenvalue weighted by Crippen LogP contribution is -2.28. The highest BCUT2D eigenvalue weighted by atomic mass is 32.2. The third-order valence-electron chi connectivity index (χ3n) is 3.99. The monoisotopic (exact) mass is 362 g/mol. The third-order valence-corrected chi connectivity index (χ3v) is 5.19. The van der Waals surface area contributed by atoms with Crippen LogP contribution in [0.2, 0.25) is 0 Å². The largest absolute Gasteiger partial charge is 0.497 e. The predicted molar refractivity (Wildman–Crippen MR) is 99.8 cm³/mol. The zero-order chi connectivity index (χ0) is 18.6. The summed E-state index contributed by atoms with van der Waals surface area (Å²) in [5, 5.41) is 0. The van der Waals surface area contributed by atoms with Crippen molar-refractivity contribution in [1.29, 1.82) is 0 Å². The molecule has 7 heteroatoms. The van der Waals surface area contributed by atoms with E-state index in [0.717, 1.165) is 23.3 Å². The summed E-state index contributed by atoms with van der Waals surface area (Å²) in [5.41, 5.74) is 2.15. The van der Waals surface area contributed by atoms with E-state index < -0.39 is 10.0 Å². The molecule has 0 aromatic heterocycles. The summed E-state index contributed by atoms with van der Waals surface area (Å²) < 4.78 is 29.4. The molecule has 2 rings (SSSR count). The summed E-state index contributed by atoms with van der Waals surface area (Å²) in [5.74, 6) is 0.671. The van der Waals surface area contributed by atoms with Gasteiger partial charge in [0.15, 0.2) is 0 Å². The van der Waals surface area contributed by atoms with Gasteiger partial charge in [-0.15, -0.1) is 0 Å². The SMILES string of the molecule is COc1ccc(N(C)C(=O)Cc2ccc(N(C)S(C)(=O)=O)cc2)cc1. The molecule has 2 aromatic rings. The normalized spacial score (nSPS) is 11.0. The van der Waals surface area contributed by atoms with E-state index in [1.54, 1.807) is 55.5 Å². The van der Waals surface area contributed by atoms with E-state index in [4.69, 9.17) is 4.74 Å². The van der Waals surface area contributed by atoms with Crippen molar-refractivity contribution < 1.29 is 17.9 Å². The molecule has 25 heavy (non-hydrogen) atoms. The Hall–Kier alpha value is -2.54. The van der Waals surface area contributed by atoms with Crippen molar-refractivity contribution in [2.24, 2.45) is 0 Å². The van der Waals surface area contributed by atoms with Gasteiger partial charge < -0.3 is 9.64 Å². The first-order valence-electron chi connectivity index (χ1n) is 7.66. The maximum absolute atomic E-state index is 12.4. The van der Waals surface area contributed by atoms with Crippen LogP contribution < -0.4 is 13.9 Å². The second-order valence-corrected chi connectivity index (χ2v) is 7.74. The van der Waals surface area contributed by atoms with E-state index in [2.05, 4.69) is 0 Å². The molecule has 0 heterocycles. The van der Waals surface area contributed by atoms with Gasteiger partial charge in [0.2, 0.25) is 15.9 Å². The van der Waals surface area contributed by atoms with Crippen molar-refractivity contribution in [3.05, 3.63) is 54.1 Å². The average Bonchev–Trinajstić information content (AvgIpc) is 2.60. The molecule has 0 aliphatic rings. The minimum atomic E-state index is -3.30. The van der Waals surface area contributed by atoms with Gasteiger partial charge in [-0.25, -0.2) is 8.42 Å². The number of carbonyl (C=O) groups excluding carboxylic acids is 1. The van der Waals surface area contributed by atoms with E-state index in [1.807, 2.05) is 12.1 Å². The van der Waals surface area contributed by atoms with Crippen LogP contribution in [-0.2, 0) is 21.2 Å². The van der Waals surface area contributed by atoms with Gasteiger partial charge in [-0.2, -0.15) is 0 Å². The third kappa shape index (κ3) is 4.73. The summed E-state index contributed by atoms with van der Waals surface area (Å²) in [6.07, 6.45) is 1.37. The van der Waals surface area contributed by atoms with Crippen molar-refractivity contribution in [3.8, 4) is 5.75 Å². The molecule has 0 bridgehead atoms.